The zero-order valence-corrected chi connectivity index (χ0v) is 9.10. The van der Waals surface area contributed by atoms with Gasteiger partial charge < -0.3 is 10.0 Å². The van der Waals surface area contributed by atoms with Gasteiger partial charge in [0.2, 0.25) is 5.91 Å². The molecule has 1 aromatic carbocycles. The van der Waals surface area contributed by atoms with Crippen molar-refractivity contribution in [2.75, 3.05) is 6.54 Å². The van der Waals surface area contributed by atoms with Crippen molar-refractivity contribution in [1.29, 1.82) is 0 Å². The number of hydrogen-bond donors (Lipinski definition) is 1. The number of hydrogen-bond acceptors (Lipinski definition) is 2. The summed E-state index contributed by atoms with van der Waals surface area (Å²) < 4.78 is 12.7. The third kappa shape index (κ3) is 3.06. The first-order chi connectivity index (χ1) is 8.06. The highest BCUT2D eigenvalue weighted by atomic mass is 19.1. The number of aliphatic carboxylic acids is 1. The molecule has 1 aromatic rings. The SMILES string of the molecule is C.O=C(O)C1CC(=O)N(Cc2ccc(F)cc2)C1. The molecule has 1 amide bonds. The second-order valence-electron chi connectivity index (χ2n) is 4.14. The third-order valence-corrected chi connectivity index (χ3v) is 2.85. The van der Waals surface area contributed by atoms with Crippen LogP contribution in [0, 0.1) is 11.7 Å². The van der Waals surface area contributed by atoms with Gasteiger partial charge in [0.05, 0.1) is 5.92 Å². The Bertz CT molecular complexity index is 444. The first-order valence-corrected chi connectivity index (χ1v) is 5.31. The van der Waals surface area contributed by atoms with Crippen LogP contribution in [-0.2, 0) is 16.1 Å². The van der Waals surface area contributed by atoms with E-state index in [2.05, 4.69) is 0 Å². The molecule has 0 radical (unpaired) electrons. The minimum Gasteiger partial charge on any atom is -0.481 e. The molecule has 18 heavy (non-hydrogen) atoms. The lowest BCUT2D eigenvalue weighted by atomic mass is 10.1. The molecule has 1 unspecified atom stereocenters. The van der Waals surface area contributed by atoms with E-state index in [0.717, 1.165) is 5.56 Å². The largest absolute Gasteiger partial charge is 0.481 e. The molecule has 4 nitrogen and oxygen atoms in total. The third-order valence-electron chi connectivity index (χ3n) is 2.85. The zero-order valence-electron chi connectivity index (χ0n) is 9.10. The molecule has 0 aliphatic carbocycles. The fraction of sp³-hybridized carbons (Fsp3) is 0.385. The van der Waals surface area contributed by atoms with E-state index in [4.69, 9.17) is 5.11 Å². The standard InChI is InChI=1S/C12H12FNO3.CH4/c13-10-3-1-8(2-4-10)6-14-7-9(12(16)17)5-11(14)15;/h1-4,9H,5-7H2,(H,16,17);1H4. The minimum absolute atomic E-state index is 0. The van der Waals surface area contributed by atoms with Gasteiger partial charge in [0.1, 0.15) is 5.82 Å². The summed E-state index contributed by atoms with van der Waals surface area (Å²) in [5.41, 5.74) is 0.797. The quantitative estimate of drug-likeness (QED) is 0.895. The fourth-order valence-electron chi connectivity index (χ4n) is 1.90. The van der Waals surface area contributed by atoms with Gasteiger partial charge in [-0.15, -0.1) is 0 Å². The van der Waals surface area contributed by atoms with E-state index in [-0.39, 0.29) is 32.1 Å². The first kappa shape index (κ1) is 14.2. The van der Waals surface area contributed by atoms with E-state index >= 15 is 0 Å². The summed E-state index contributed by atoms with van der Waals surface area (Å²) in [7, 11) is 0. The van der Waals surface area contributed by atoms with E-state index in [9.17, 15) is 14.0 Å². The molecule has 1 aliphatic rings. The van der Waals surface area contributed by atoms with Gasteiger partial charge in [0, 0.05) is 19.5 Å². The van der Waals surface area contributed by atoms with Crippen molar-refractivity contribution in [2.45, 2.75) is 20.4 Å². The number of rotatable bonds is 3. The van der Waals surface area contributed by atoms with E-state index in [1.807, 2.05) is 0 Å². The first-order valence-electron chi connectivity index (χ1n) is 5.31. The summed E-state index contributed by atoms with van der Waals surface area (Å²) in [5, 5.41) is 8.82. The van der Waals surface area contributed by atoms with Gasteiger partial charge in [-0.3, -0.25) is 9.59 Å². The molecule has 0 saturated carbocycles. The van der Waals surface area contributed by atoms with Crippen molar-refractivity contribution in [3.05, 3.63) is 35.6 Å². The predicted molar refractivity (Wildman–Crippen MR) is 64.3 cm³/mol. The number of nitrogens with zero attached hydrogens (tertiary/aromatic N) is 1. The van der Waals surface area contributed by atoms with Crippen LogP contribution in [0.5, 0.6) is 0 Å². The van der Waals surface area contributed by atoms with Gasteiger partial charge in [-0.05, 0) is 17.7 Å². The Morgan fingerprint density at radius 2 is 2.00 bits per heavy atom. The maximum atomic E-state index is 12.7. The molecule has 5 heteroatoms. The molecule has 2 rings (SSSR count). The van der Waals surface area contributed by atoms with Crippen molar-refractivity contribution in [3.8, 4) is 0 Å². The molecule has 1 heterocycles. The van der Waals surface area contributed by atoms with Crippen LogP contribution in [0.4, 0.5) is 4.39 Å². The van der Waals surface area contributed by atoms with E-state index in [1.54, 1.807) is 12.1 Å². The second-order valence-corrected chi connectivity index (χ2v) is 4.14. The Morgan fingerprint density at radius 3 is 2.50 bits per heavy atom. The van der Waals surface area contributed by atoms with Crippen molar-refractivity contribution in [1.82, 2.24) is 4.90 Å². The number of benzene rings is 1. The molecular weight excluding hydrogens is 237 g/mol. The summed E-state index contributed by atoms with van der Waals surface area (Å²) >= 11 is 0. The number of halogens is 1. The van der Waals surface area contributed by atoms with Gasteiger partial charge in [0.15, 0.2) is 0 Å². The number of carboxylic acids is 1. The van der Waals surface area contributed by atoms with E-state index in [0.29, 0.717) is 6.54 Å². The van der Waals surface area contributed by atoms with Crippen LogP contribution in [0.25, 0.3) is 0 Å². The molecule has 1 atom stereocenters. The van der Waals surface area contributed by atoms with Crippen molar-refractivity contribution in [3.63, 3.8) is 0 Å². The van der Waals surface area contributed by atoms with Crippen molar-refractivity contribution >= 4 is 11.9 Å². The molecule has 1 N–H and O–H groups in total. The zero-order chi connectivity index (χ0) is 12.4. The maximum absolute atomic E-state index is 12.7. The molecule has 0 bridgehead atoms. The summed E-state index contributed by atoms with van der Waals surface area (Å²) in [6.07, 6.45) is 0.0521. The lowest BCUT2D eigenvalue weighted by Gasteiger charge is -2.15. The number of amides is 1. The fourth-order valence-corrected chi connectivity index (χ4v) is 1.90. The number of carboxylic acid groups (broad SMARTS) is 1. The summed E-state index contributed by atoms with van der Waals surface area (Å²) in [6.45, 7) is 0.564. The lowest BCUT2D eigenvalue weighted by molar-refractivity contribution is -0.141. The average molecular weight is 253 g/mol. The number of carbonyl (C=O) groups is 2. The Hall–Kier alpha value is -1.91. The summed E-state index contributed by atoms with van der Waals surface area (Å²) in [5.74, 6) is -2.06. The van der Waals surface area contributed by atoms with E-state index < -0.39 is 11.9 Å². The topological polar surface area (TPSA) is 57.6 Å². The molecular formula is C13H16FNO3. The Morgan fingerprint density at radius 1 is 1.39 bits per heavy atom. The van der Waals surface area contributed by atoms with Crippen LogP contribution < -0.4 is 0 Å². The Labute approximate surface area is 105 Å². The highest BCUT2D eigenvalue weighted by molar-refractivity contribution is 5.86. The van der Waals surface area contributed by atoms with Crippen LogP contribution in [0.1, 0.15) is 19.4 Å². The van der Waals surface area contributed by atoms with Gasteiger partial charge in [-0.2, -0.15) is 0 Å². The normalized spacial score (nSPS) is 18.6. The summed E-state index contributed by atoms with van der Waals surface area (Å²) in [6, 6.07) is 5.84. The van der Waals surface area contributed by atoms with Gasteiger partial charge >= 0.3 is 5.97 Å². The average Bonchev–Trinajstić information content (AvgIpc) is 2.64. The maximum Gasteiger partial charge on any atom is 0.308 e. The number of likely N-dealkylation sites (tertiary alicyclic amines) is 1. The molecule has 1 aliphatic heterocycles. The molecule has 0 spiro atoms. The van der Waals surface area contributed by atoms with Crippen LogP contribution >= 0.6 is 0 Å². The molecule has 0 aromatic heterocycles. The molecule has 1 saturated heterocycles. The monoisotopic (exact) mass is 253 g/mol. The smallest absolute Gasteiger partial charge is 0.308 e. The van der Waals surface area contributed by atoms with Crippen LogP contribution in [0.3, 0.4) is 0 Å². The van der Waals surface area contributed by atoms with Crippen LogP contribution in [0.2, 0.25) is 0 Å². The highest BCUT2D eigenvalue weighted by Gasteiger charge is 2.33. The highest BCUT2D eigenvalue weighted by Crippen LogP contribution is 2.20. The lowest BCUT2D eigenvalue weighted by Crippen LogP contribution is -2.25. The van der Waals surface area contributed by atoms with Crippen molar-refractivity contribution < 1.29 is 19.1 Å². The van der Waals surface area contributed by atoms with Crippen LogP contribution in [-0.4, -0.2) is 28.4 Å². The van der Waals surface area contributed by atoms with Crippen molar-refractivity contribution in [2.24, 2.45) is 5.92 Å². The van der Waals surface area contributed by atoms with Gasteiger partial charge in [-0.1, -0.05) is 19.6 Å². The predicted octanol–water partition coefficient (Wildman–Crippen LogP) is 1.89. The molecule has 98 valence electrons. The second kappa shape index (κ2) is 5.62. The Kier molecular flexibility index (Phi) is 4.42. The van der Waals surface area contributed by atoms with E-state index in [1.165, 1.54) is 17.0 Å². The Balaban J connectivity index is 0.00000162. The van der Waals surface area contributed by atoms with Gasteiger partial charge in [0.25, 0.3) is 0 Å². The summed E-state index contributed by atoms with van der Waals surface area (Å²) in [4.78, 5) is 23.8. The minimum atomic E-state index is -0.944. The van der Waals surface area contributed by atoms with Gasteiger partial charge in [-0.25, -0.2) is 4.39 Å². The van der Waals surface area contributed by atoms with Crippen LogP contribution in [0.15, 0.2) is 24.3 Å². The number of carbonyl (C=O) groups excluding carboxylic acids is 1. The molecule has 1 fully saturated rings.